The first-order valence-electron chi connectivity index (χ1n) is 7.82. The van der Waals surface area contributed by atoms with E-state index >= 15 is 0 Å². The summed E-state index contributed by atoms with van der Waals surface area (Å²) in [7, 11) is 1.66. The van der Waals surface area contributed by atoms with Crippen molar-refractivity contribution in [1.82, 2.24) is 4.57 Å². The minimum absolute atomic E-state index is 0.827. The number of hydrogen-bond acceptors (Lipinski definition) is 2. The van der Waals surface area contributed by atoms with Crippen molar-refractivity contribution in [2.45, 2.75) is 13.8 Å². The Morgan fingerprint density at radius 2 is 1.56 bits per heavy atom. The van der Waals surface area contributed by atoms with E-state index in [-0.39, 0.29) is 0 Å². The average molecular weight is 462 g/mol. The van der Waals surface area contributed by atoms with Crippen molar-refractivity contribution < 1.29 is 4.74 Å². The number of aliphatic imine (C=N–C) groups is 1. The van der Waals surface area contributed by atoms with Crippen LogP contribution in [0.5, 0.6) is 5.75 Å². The van der Waals surface area contributed by atoms with Gasteiger partial charge in [0, 0.05) is 37.8 Å². The lowest BCUT2D eigenvalue weighted by atomic mass is 10.2. The van der Waals surface area contributed by atoms with Crippen molar-refractivity contribution in [1.29, 1.82) is 0 Å². The number of aromatic nitrogens is 1. The van der Waals surface area contributed by atoms with Crippen LogP contribution in [0.3, 0.4) is 0 Å². The van der Waals surface area contributed by atoms with E-state index in [0.717, 1.165) is 43.0 Å². The number of nitrogens with zero attached hydrogens (tertiary/aromatic N) is 2. The molecule has 0 aliphatic rings. The Morgan fingerprint density at radius 3 is 2.16 bits per heavy atom. The van der Waals surface area contributed by atoms with E-state index in [4.69, 9.17) is 4.74 Å². The van der Waals surface area contributed by atoms with Crippen LogP contribution in [-0.2, 0) is 0 Å². The summed E-state index contributed by atoms with van der Waals surface area (Å²) in [6.07, 6.45) is 1.91. The van der Waals surface area contributed by atoms with Crippen LogP contribution in [0.2, 0.25) is 0 Å². The minimum Gasteiger partial charge on any atom is -0.497 e. The van der Waals surface area contributed by atoms with Gasteiger partial charge in [-0.2, -0.15) is 0 Å². The highest BCUT2D eigenvalue weighted by molar-refractivity contribution is 9.10. The molecule has 25 heavy (non-hydrogen) atoms. The van der Waals surface area contributed by atoms with Gasteiger partial charge in [0.2, 0.25) is 0 Å². The van der Waals surface area contributed by atoms with Gasteiger partial charge in [0.25, 0.3) is 0 Å². The van der Waals surface area contributed by atoms with Crippen molar-refractivity contribution in [2.24, 2.45) is 4.99 Å². The molecule has 0 aliphatic carbocycles. The molecule has 0 saturated carbocycles. The fourth-order valence-electron chi connectivity index (χ4n) is 2.76. The number of hydrogen-bond donors (Lipinski definition) is 0. The van der Waals surface area contributed by atoms with Crippen LogP contribution in [0, 0.1) is 13.8 Å². The molecule has 0 radical (unpaired) electrons. The van der Waals surface area contributed by atoms with Crippen LogP contribution in [-0.4, -0.2) is 17.9 Å². The molecule has 0 atom stereocenters. The topological polar surface area (TPSA) is 26.5 Å². The second-order valence-corrected chi connectivity index (χ2v) is 7.38. The summed E-state index contributed by atoms with van der Waals surface area (Å²) in [6.45, 7) is 4.21. The Hall–Kier alpha value is -1.85. The largest absolute Gasteiger partial charge is 0.497 e. The van der Waals surface area contributed by atoms with E-state index in [1.165, 1.54) is 0 Å². The zero-order chi connectivity index (χ0) is 18.0. The number of halogens is 2. The van der Waals surface area contributed by atoms with Crippen molar-refractivity contribution in [3.8, 4) is 11.4 Å². The lowest BCUT2D eigenvalue weighted by molar-refractivity contribution is 0.415. The number of rotatable bonds is 4. The molecule has 0 unspecified atom stereocenters. The van der Waals surface area contributed by atoms with Gasteiger partial charge in [-0.3, -0.25) is 4.99 Å². The molecule has 3 nitrogen and oxygen atoms in total. The third-order valence-electron chi connectivity index (χ3n) is 4.11. The van der Waals surface area contributed by atoms with Crippen molar-refractivity contribution in [2.75, 3.05) is 7.11 Å². The van der Waals surface area contributed by atoms with Gasteiger partial charge in [-0.05, 0) is 78.3 Å². The smallest absolute Gasteiger partial charge is 0.119 e. The average Bonchev–Trinajstić information content (AvgIpc) is 2.84. The second kappa shape index (κ2) is 7.58. The first-order valence-corrected chi connectivity index (χ1v) is 9.41. The molecule has 0 aliphatic heterocycles. The Bertz CT molecular complexity index is 910. The van der Waals surface area contributed by atoms with Crippen LogP contribution in [0.1, 0.15) is 17.0 Å². The fraction of sp³-hybridized carbons (Fsp3) is 0.150. The van der Waals surface area contributed by atoms with Gasteiger partial charge >= 0.3 is 0 Å². The standard InChI is InChI=1S/C20H18Br2N2O/c1-13-19(12-23-16-6-10-18(25-3)11-7-16)20(22)14(2)24(13)17-8-4-15(21)5-9-17/h4-12H,1-3H3. The molecule has 0 fully saturated rings. The predicted molar refractivity (Wildman–Crippen MR) is 111 cm³/mol. The van der Waals surface area contributed by atoms with Gasteiger partial charge < -0.3 is 9.30 Å². The Morgan fingerprint density at radius 1 is 0.920 bits per heavy atom. The molecule has 128 valence electrons. The zero-order valence-electron chi connectivity index (χ0n) is 14.3. The van der Waals surface area contributed by atoms with Gasteiger partial charge in [0.15, 0.2) is 0 Å². The normalized spacial score (nSPS) is 11.2. The maximum atomic E-state index is 5.18. The van der Waals surface area contributed by atoms with E-state index in [1.807, 2.05) is 42.6 Å². The molecular formula is C20H18Br2N2O. The molecule has 0 bridgehead atoms. The first kappa shape index (κ1) is 18.0. The SMILES string of the molecule is COc1ccc(N=Cc2c(Br)c(C)n(-c3ccc(Br)cc3)c2C)cc1. The van der Waals surface area contributed by atoms with Crippen LogP contribution < -0.4 is 4.74 Å². The minimum atomic E-state index is 0.827. The summed E-state index contributed by atoms with van der Waals surface area (Å²) in [5.74, 6) is 0.827. The molecule has 5 heteroatoms. The van der Waals surface area contributed by atoms with Gasteiger partial charge in [-0.1, -0.05) is 15.9 Å². The Kier molecular flexibility index (Phi) is 5.45. The molecule has 1 aromatic heterocycles. The van der Waals surface area contributed by atoms with Gasteiger partial charge in [-0.15, -0.1) is 0 Å². The quantitative estimate of drug-likeness (QED) is 0.414. The van der Waals surface area contributed by atoms with E-state index in [2.05, 4.69) is 67.4 Å². The Labute approximate surface area is 164 Å². The second-order valence-electron chi connectivity index (χ2n) is 5.67. The van der Waals surface area contributed by atoms with Crippen LogP contribution >= 0.6 is 31.9 Å². The van der Waals surface area contributed by atoms with E-state index < -0.39 is 0 Å². The molecule has 2 aromatic carbocycles. The highest BCUT2D eigenvalue weighted by Crippen LogP contribution is 2.30. The highest BCUT2D eigenvalue weighted by Gasteiger charge is 2.15. The van der Waals surface area contributed by atoms with Crippen molar-refractivity contribution in [3.63, 3.8) is 0 Å². The predicted octanol–water partition coefficient (Wildman–Crippen LogP) is 6.38. The summed E-state index contributed by atoms with van der Waals surface area (Å²) in [5, 5.41) is 0. The molecular weight excluding hydrogens is 444 g/mol. The molecule has 0 amide bonds. The summed E-state index contributed by atoms with van der Waals surface area (Å²) in [6, 6.07) is 16.0. The summed E-state index contributed by atoms with van der Waals surface area (Å²) in [5.41, 5.74) is 5.39. The molecule has 0 N–H and O–H groups in total. The number of benzene rings is 2. The van der Waals surface area contributed by atoms with Crippen LogP contribution in [0.25, 0.3) is 5.69 Å². The maximum Gasteiger partial charge on any atom is 0.119 e. The number of ether oxygens (including phenoxy) is 1. The van der Waals surface area contributed by atoms with Crippen LogP contribution in [0.15, 0.2) is 62.5 Å². The third-order valence-corrected chi connectivity index (χ3v) is 5.64. The zero-order valence-corrected chi connectivity index (χ0v) is 17.4. The van der Waals surface area contributed by atoms with E-state index in [9.17, 15) is 0 Å². The lowest BCUT2D eigenvalue weighted by Gasteiger charge is -2.09. The fourth-order valence-corrected chi connectivity index (χ4v) is 3.59. The van der Waals surface area contributed by atoms with Gasteiger partial charge in [0.05, 0.1) is 12.8 Å². The molecule has 3 rings (SSSR count). The maximum absolute atomic E-state index is 5.18. The first-order chi connectivity index (χ1) is 12.0. The van der Waals surface area contributed by atoms with Gasteiger partial charge in [-0.25, -0.2) is 0 Å². The molecule has 3 aromatic rings. The van der Waals surface area contributed by atoms with Crippen molar-refractivity contribution in [3.05, 3.63) is 74.4 Å². The molecule has 0 spiro atoms. The summed E-state index contributed by atoms with van der Waals surface area (Å²) < 4.78 is 9.54. The lowest BCUT2D eigenvalue weighted by Crippen LogP contribution is -1.99. The Balaban J connectivity index is 1.98. The van der Waals surface area contributed by atoms with Crippen LogP contribution in [0.4, 0.5) is 5.69 Å². The third kappa shape index (κ3) is 3.72. The van der Waals surface area contributed by atoms with Crippen molar-refractivity contribution >= 4 is 43.8 Å². The number of methoxy groups -OCH3 is 1. The molecule has 0 saturated heterocycles. The van der Waals surface area contributed by atoms with E-state index in [1.54, 1.807) is 7.11 Å². The van der Waals surface area contributed by atoms with E-state index in [0.29, 0.717) is 0 Å². The highest BCUT2D eigenvalue weighted by atomic mass is 79.9. The molecule has 1 heterocycles. The summed E-state index contributed by atoms with van der Waals surface area (Å²) >= 11 is 7.21. The van der Waals surface area contributed by atoms with Gasteiger partial charge in [0.1, 0.15) is 5.75 Å². The summed E-state index contributed by atoms with van der Waals surface area (Å²) in [4.78, 5) is 4.60. The monoisotopic (exact) mass is 460 g/mol.